The molecule has 0 unspecified atom stereocenters. The van der Waals surface area contributed by atoms with Gasteiger partial charge in [-0.3, -0.25) is 14.4 Å². The maximum Gasteiger partial charge on any atom is 0.306 e. The van der Waals surface area contributed by atoms with Crippen LogP contribution in [0.4, 0.5) is 0 Å². The maximum atomic E-state index is 12.5. The summed E-state index contributed by atoms with van der Waals surface area (Å²) in [7, 11) is 0. The monoisotopic (exact) mass is 492 g/mol. The Morgan fingerprint density at radius 1 is 0.939 bits per heavy atom. The SMILES string of the molecule is Cc1cc(OC2CCC(C(=O)O)CC2)ccc1C(=O)NCCNC(=O)c1ccc(Cl)c(Cl)c1. The summed E-state index contributed by atoms with van der Waals surface area (Å²) >= 11 is 11.8. The summed E-state index contributed by atoms with van der Waals surface area (Å²) in [6, 6.07) is 9.88. The molecule has 0 saturated heterocycles. The highest BCUT2D eigenvalue weighted by atomic mass is 35.5. The predicted octanol–water partition coefficient (Wildman–Crippen LogP) is 4.48. The van der Waals surface area contributed by atoms with E-state index in [1.807, 2.05) is 13.0 Å². The van der Waals surface area contributed by atoms with Gasteiger partial charge >= 0.3 is 5.97 Å². The van der Waals surface area contributed by atoms with E-state index in [-0.39, 0.29) is 36.9 Å². The zero-order valence-electron chi connectivity index (χ0n) is 18.2. The molecular weight excluding hydrogens is 467 g/mol. The smallest absolute Gasteiger partial charge is 0.306 e. The molecule has 7 nitrogen and oxygen atoms in total. The Labute approximate surface area is 202 Å². The number of hydrogen-bond donors (Lipinski definition) is 3. The van der Waals surface area contributed by atoms with Gasteiger partial charge in [-0.05, 0) is 74.6 Å². The second kappa shape index (κ2) is 11.4. The zero-order chi connectivity index (χ0) is 24.0. The number of halogens is 2. The standard InChI is InChI=1S/C24H26Cl2N2O5/c1-14-12-18(33-17-5-2-15(3-6-17)24(31)32)7-8-19(14)23(30)28-11-10-27-22(29)16-4-9-20(25)21(26)13-16/h4,7-9,12-13,15,17H,2-3,5-6,10-11H2,1H3,(H,27,29)(H,28,30)(H,31,32). The van der Waals surface area contributed by atoms with E-state index in [9.17, 15) is 14.4 Å². The van der Waals surface area contributed by atoms with Crippen LogP contribution in [0.15, 0.2) is 36.4 Å². The van der Waals surface area contributed by atoms with E-state index >= 15 is 0 Å². The van der Waals surface area contributed by atoms with Gasteiger partial charge in [0.1, 0.15) is 5.75 Å². The normalized spacial score (nSPS) is 17.8. The van der Waals surface area contributed by atoms with E-state index in [0.29, 0.717) is 52.6 Å². The van der Waals surface area contributed by atoms with Crippen LogP contribution >= 0.6 is 23.2 Å². The molecular formula is C24H26Cl2N2O5. The molecule has 1 aliphatic rings. The van der Waals surface area contributed by atoms with Gasteiger partial charge in [0, 0.05) is 24.2 Å². The van der Waals surface area contributed by atoms with Crippen molar-refractivity contribution >= 4 is 41.0 Å². The molecule has 33 heavy (non-hydrogen) atoms. The summed E-state index contributed by atoms with van der Waals surface area (Å²) in [5.74, 6) is -0.917. The lowest BCUT2D eigenvalue weighted by Gasteiger charge is -2.27. The fourth-order valence-electron chi connectivity index (χ4n) is 3.77. The summed E-state index contributed by atoms with van der Waals surface area (Å²) in [5.41, 5.74) is 1.68. The molecule has 3 N–H and O–H groups in total. The molecule has 1 fully saturated rings. The lowest BCUT2D eigenvalue weighted by Crippen LogP contribution is -2.35. The molecule has 0 bridgehead atoms. The topological polar surface area (TPSA) is 105 Å². The minimum Gasteiger partial charge on any atom is -0.490 e. The molecule has 2 aromatic rings. The third-order valence-electron chi connectivity index (χ3n) is 5.65. The van der Waals surface area contributed by atoms with Crippen LogP contribution in [0.25, 0.3) is 0 Å². The quantitative estimate of drug-likeness (QED) is 0.471. The van der Waals surface area contributed by atoms with Crippen molar-refractivity contribution in [1.82, 2.24) is 10.6 Å². The number of aliphatic carboxylic acids is 1. The van der Waals surface area contributed by atoms with Gasteiger partial charge in [-0.15, -0.1) is 0 Å². The van der Waals surface area contributed by atoms with Crippen LogP contribution in [-0.4, -0.2) is 42.1 Å². The number of nitrogens with one attached hydrogen (secondary N) is 2. The van der Waals surface area contributed by atoms with Crippen molar-refractivity contribution in [3.05, 3.63) is 63.1 Å². The molecule has 0 aromatic heterocycles. The van der Waals surface area contributed by atoms with Gasteiger partial charge in [0.25, 0.3) is 11.8 Å². The molecule has 1 aliphatic carbocycles. The van der Waals surface area contributed by atoms with E-state index in [1.165, 1.54) is 6.07 Å². The Bertz CT molecular complexity index is 1040. The van der Waals surface area contributed by atoms with E-state index in [2.05, 4.69) is 10.6 Å². The number of ether oxygens (including phenoxy) is 1. The van der Waals surface area contributed by atoms with Crippen molar-refractivity contribution in [2.75, 3.05) is 13.1 Å². The third-order valence-corrected chi connectivity index (χ3v) is 6.39. The van der Waals surface area contributed by atoms with Crippen LogP contribution in [0.1, 0.15) is 52.0 Å². The minimum atomic E-state index is -0.742. The number of benzene rings is 2. The van der Waals surface area contributed by atoms with Gasteiger partial charge in [0.05, 0.1) is 22.1 Å². The number of carbonyl (C=O) groups excluding carboxylic acids is 2. The lowest BCUT2D eigenvalue weighted by molar-refractivity contribution is -0.143. The Balaban J connectivity index is 1.45. The van der Waals surface area contributed by atoms with Crippen LogP contribution in [-0.2, 0) is 4.79 Å². The highest BCUT2D eigenvalue weighted by molar-refractivity contribution is 6.42. The Morgan fingerprint density at radius 2 is 1.61 bits per heavy atom. The number of carboxylic acids is 1. The average Bonchev–Trinajstić information content (AvgIpc) is 2.78. The minimum absolute atomic E-state index is 0.0150. The van der Waals surface area contributed by atoms with Gasteiger partial charge in [-0.1, -0.05) is 23.2 Å². The van der Waals surface area contributed by atoms with Crippen LogP contribution in [0.2, 0.25) is 10.0 Å². The van der Waals surface area contributed by atoms with Crippen molar-refractivity contribution in [1.29, 1.82) is 0 Å². The first kappa shape index (κ1) is 24.9. The summed E-state index contributed by atoms with van der Waals surface area (Å²) in [5, 5.41) is 15.3. The van der Waals surface area contributed by atoms with Crippen LogP contribution in [0, 0.1) is 12.8 Å². The summed E-state index contributed by atoms with van der Waals surface area (Å²) in [6.07, 6.45) is 2.61. The van der Waals surface area contributed by atoms with Crippen molar-refractivity contribution in [2.24, 2.45) is 5.92 Å². The van der Waals surface area contributed by atoms with E-state index in [4.69, 9.17) is 33.0 Å². The highest BCUT2D eigenvalue weighted by Crippen LogP contribution is 2.28. The van der Waals surface area contributed by atoms with E-state index in [0.717, 1.165) is 5.56 Å². The van der Waals surface area contributed by atoms with Crippen molar-refractivity contribution in [3.63, 3.8) is 0 Å². The lowest BCUT2D eigenvalue weighted by atomic mass is 9.87. The molecule has 1 saturated carbocycles. The second-order valence-electron chi connectivity index (χ2n) is 8.05. The summed E-state index contributed by atoms with van der Waals surface area (Å²) < 4.78 is 5.99. The largest absolute Gasteiger partial charge is 0.490 e. The predicted molar refractivity (Wildman–Crippen MR) is 126 cm³/mol. The van der Waals surface area contributed by atoms with Gasteiger partial charge < -0.3 is 20.5 Å². The van der Waals surface area contributed by atoms with Crippen molar-refractivity contribution in [2.45, 2.75) is 38.7 Å². The highest BCUT2D eigenvalue weighted by Gasteiger charge is 2.27. The van der Waals surface area contributed by atoms with Gasteiger partial charge in [0.2, 0.25) is 0 Å². The number of amides is 2. The van der Waals surface area contributed by atoms with Crippen LogP contribution in [0.3, 0.4) is 0 Å². The fourth-order valence-corrected chi connectivity index (χ4v) is 4.07. The molecule has 3 rings (SSSR count). The zero-order valence-corrected chi connectivity index (χ0v) is 19.7. The first-order valence-corrected chi connectivity index (χ1v) is 11.5. The molecule has 0 radical (unpaired) electrons. The number of rotatable bonds is 8. The number of hydrogen-bond acceptors (Lipinski definition) is 4. The van der Waals surface area contributed by atoms with Crippen molar-refractivity contribution < 1.29 is 24.2 Å². The third kappa shape index (κ3) is 6.85. The Kier molecular flexibility index (Phi) is 8.58. The molecule has 176 valence electrons. The fraction of sp³-hybridized carbons (Fsp3) is 0.375. The van der Waals surface area contributed by atoms with Crippen molar-refractivity contribution in [3.8, 4) is 5.75 Å². The molecule has 0 heterocycles. The second-order valence-corrected chi connectivity index (χ2v) is 8.86. The van der Waals surface area contributed by atoms with Gasteiger partial charge in [-0.25, -0.2) is 0 Å². The molecule has 9 heteroatoms. The van der Waals surface area contributed by atoms with Crippen LogP contribution < -0.4 is 15.4 Å². The molecule has 0 atom stereocenters. The van der Waals surface area contributed by atoms with E-state index < -0.39 is 5.97 Å². The number of aryl methyl sites for hydroxylation is 1. The Hall–Kier alpha value is -2.77. The summed E-state index contributed by atoms with van der Waals surface area (Å²) in [4.78, 5) is 35.7. The maximum absolute atomic E-state index is 12.5. The molecule has 0 aliphatic heterocycles. The van der Waals surface area contributed by atoms with E-state index in [1.54, 1.807) is 24.3 Å². The summed E-state index contributed by atoms with van der Waals surface area (Å²) in [6.45, 7) is 2.34. The molecule has 2 amide bonds. The number of carbonyl (C=O) groups is 3. The first-order chi connectivity index (χ1) is 15.7. The average molecular weight is 493 g/mol. The molecule has 0 spiro atoms. The molecule has 2 aromatic carbocycles. The first-order valence-electron chi connectivity index (χ1n) is 10.8. The van der Waals surface area contributed by atoms with Gasteiger partial charge in [-0.2, -0.15) is 0 Å². The van der Waals surface area contributed by atoms with Crippen LogP contribution in [0.5, 0.6) is 5.75 Å². The Morgan fingerprint density at radius 3 is 2.21 bits per heavy atom. The van der Waals surface area contributed by atoms with Gasteiger partial charge in [0.15, 0.2) is 0 Å². The number of carboxylic acid groups (broad SMARTS) is 1.